The van der Waals surface area contributed by atoms with Crippen LogP contribution in [0.25, 0.3) is 0 Å². The molecule has 2 aromatic rings. The van der Waals surface area contributed by atoms with Gasteiger partial charge in [-0.2, -0.15) is 0 Å². The SMILES string of the molecule is Cc1ccc(S(Cl)(Cl)c2ccc(C)cc2)cc1. The second-order valence-corrected chi connectivity index (χ2v) is 9.23. The van der Waals surface area contributed by atoms with E-state index in [1.807, 2.05) is 48.5 Å². The van der Waals surface area contributed by atoms with Crippen LogP contribution in [0.4, 0.5) is 0 Å². The number of hydrogen-bond acceptors (Lipinski definition) is 0. The molecule has 0 aliphatic rings. The molecule has 2 aromatic carbocycles. The Bertz CT molecular complexity index is 453. The lowest BCUT2D eigenvalue weighted by atomic mass is 10.2. The summed E-state index contributed by atoms with van der Waals surface area (Å²) in [5.41, 5.74) is 2.42. The van der Waals surface area contributed by atoms with Gasteiger partial charge in [0.2, 0.25) is 0 Å². The summed E-state index contributed by atoms with van der Waals surface area (Å²) in [7, 11) is 11.2. The standard InChI is InChI=1S/C14H14Cl2S/c1-11-3-7-13(8-4-11)17(15,16)14-9-5-12(2)6-10-14/h3-10H,1-2H3. The van der Waals surface area contributed by atoms with Crippen LogP contribution in [0.15, 0.2) is 58.3 Å². The maximum atomic E-state index is 6.54. The van der Waals surface area contributed by atoms with E-state index in [9.17, 15) is 0 Å². The van der Waals surface area contributed by atoms with E-state index in [1.165, 1.54) is 11.1 Å². The Labute approximate surface area is 113 Å². The third-order valence-corrected chi connectivity index (χ3v) is 6.50. The van der Waals surface area contributed by atoms with Crippen molar-refractivity contribution in [2.24, 2.45) is 0 Å². The van der Waals surface area contributed by atoms with Gasteiger partial charge in [0.25, 0.3) is 0 Å². The summed E-state index contributed by atoms with van der Waals surface area (Å²) in [6.07, 6.45) is 0. The van der Waals surface area contributed by atoms with Gasteiger partial charge in [0.1, 0.15) is 0 Å². The van der Waals surface area contributed by atoms with Crippen LogP contribution >= 0.6 is 29.8 Å². The van der Waals surface area contributed by atoms with Crippen LogP contribution in [0.2, 0.25) is 0 Å². The van der Waals surface area contributed by atoms with E-state index in [4.69, 9.17) is 21.4 Å². The first-order chi connectivity index (χ1) is 8.00. The molecule has 17 heavy (non-hydrogen) atoms. The molecular weight excluding hydrogens is 271 g/mol. The van der Waals surface area contributed by atoms with Crippen molar-refractivity contribution in [1.82, 2.24) is 0 Å². The zero-order chi connectivity index (χ0) is 12.5. The Morgan fingerprint density at radius 1 is 0.647 bits per heavy atom. The highest BCUT2D eigenvalue weighted by Crippen LogP contribution is 2.70. The Hall–Kier alpha value is -0.630. The minimum atomic E-state index is -1.93. The minimum absolute atomic E-state index is 0.982. The summed E-state index contributed by atoms with van der Waals surface area (Å²) in [6.45, 7) is 4.10. The lowest BCUT2D eigenvalue weighted by Crippen LogP contribution is -1.87. The first kappa shape index (κ1) is 12.8. The molecule has 0 saturated heterocycles. The summed E-state index contributed by atoms with van der Waals surface area (Å²) in [4.78, 5) is 1.96. The van der Waals surface area contributed by atoms with Crippen LogP contribution in [0, 0.1) is 13.8 Å². The van der Waals surface area contributed by atoms with Crippen molar-refractivity contribution >= 4 is 29.8 Å². The Kier molecular flexibility index (Phi) is 3.72. The average molecular weight is 285 g/mol. The van der Waals surface area contributed by atoms with Gasteiger partial charge in [0.05, 0.1) is 0 Å². The highest BCUT2D eigenvalue weighted by Gasteiger charge is 2.23. The zero-order valence-electron chi connectivity index (χ0n) is 9.78. The van der Waals surface area contributed by atoms with Gasteiger partial charge in [-0.1, -0.05) is 35.4 Å². The third kappa shape index (κ3) is 2.79. The Morgan fingerprint density at radius 3 is 1.24 bits per heavy atom. The molecule has 0 radical (unpaired) electrons. The van der Waals surface area contributed by atoms with E-state index in [2.05, 4.69) is 13.8 Å². The highest BCUT2D eigenvalue weighted by atomic mass is 36.0. The van der Waals surface area contributed by atoms with Crippen LogP contribution in [0.3, 0.4) is 0 Å². The number of aryl methyl sites for hydroxylation is 2. The van der Waals surface area contributed by atoms with Gasteiger partial charge >= 0.3 is 0 Å². The predicted octanol–water partition coefficient (Wildman–Crippen LogP) is 5.83. The van der Waals surface area contributed by atoms with E-state index in [0.29, 0.717) is 0 Å². The maximum Gasteiger partial charge on any atom is 0.0212 e. The number of rotatable bonds is 2. The van der Waals surface area contributed by atoms with Crippen LogP contribution < -0.4 is 0 Å². The van der Waals surface area contributed by atoms with E-state index in [0.717, 1.165) is 9.79 Å². The van der Waals surface area contributed by atoms with E-state index in [1.54, 1.807) is 0 Å². The van der Waals surface area contributed by atoms with Crippen LogP contribution in [-0.2, 0) is 0 Å². The molecule has 0 aliphatic carbocycles. The largest absolute Gasteiger partial charge is 0.0582 e. The van der Waals surface area contributed by atoms with E-state index in [-0.39, 0.29) is 0 Å². The summed E-state index contributed by atoms with van der Waals surface area (Å²) in [6, 6.07) is 16.2. The molecule has 0 heterocycles. The lowest BCUT2D eigenvalue weighted by Gasteiger charge is -2.25. The molecule has 0 nitrogen and oxygen atoms in total. The normalized spacial score (nSPS) is 12.5. The lowest BCUT2D eigenvalue weighted by molar-refractivity contribution is 1.33. The predicted molar refractivity (Wildman–Crippen MR) is 78.2 cm³/mol. The van der Waals surface area contributed by atoms with Crippen molar-refractivity contribution in [3.8, 4) is 0 Å². The number of benzene rings is 2. The first-order valence-corrected chi connectivity index (χ1v) is 8.64. The van der Waals surface area contributed by atoms with Crippen LogP contribution in [-0.4, -0.2) is 0 Å². The monoisotopic (exact) mass is 284 g/mol. The van der Waals surface area contributed by atoms with Gasteiger partial charge in [0, 0.05) is 9.79 Å². The molecule has 2 rings (SSSR count). The van der Waals surface area contributed by atoms with Gasteiger partial charge in [0.15, 0.2) is 0 Å². The van der Waals surface area contributed by atoms with Gasteiger partial charge in [-0.25, -0.2) is 0 Å². The van der Waals surface area contributed by atoms with Crippen LogP contribution in [0.5, 0.6) is 0 Å². The quantitative estimate of drug-likeness (QED) is 0.650. The summed E-state index contributed by atoms with van der Waals surface area (Å²) in [5.74, 6) is 0. The molecule has 0 saturated carbocycles. The fourth-order valence-corrected chi connectivity index (χ4v) is 4.02. The molecule has 0 bridgehead atoms. The van der Waals surface area contributed by atoms with Crippen molar-refractivity contribution in [2.45, 2.75) is 23.6 Å². The number of halogens is 2. The van der Waals surface area contributed by atoms with Crippen molar-refractivity contribution in [1.29, 1.82) is 0 Å². The highest BCUT2D eigenvalue weighted by molar-refractivity contribution is 8.66. The Balaban J connectivity index is 2.41. The van der Waals surface area contributed by atoms with Crippen molar-refractivity contribution in [2.75, 3.05) is 0 Å². The second-order valence-electron chi connectivity index (χ2n) is 4.10. The zero-order valence-corrected chi connectivity index (χ0v) is 12.1. The molecule has 0 spiro atoms. The fraction of sp³-hybridized carbons (Fsp3) is 0.143. The smallest absolute Gasteiger partial charge is 0.0212 e. The molecule has 0 fully saturated rings. The van der Waals surface area contributed by atoms with Crippen molar-refractivity contribution in [3.05, 3.63) is 59.7 Å². The fourth-order valence-electron chi connectivity index (χ4n) is 1.55. The van der Waals surface area contributed by atoms with Crippen molar-refractivity contribution < 1.29 is 0 Å². The topological polar surface area (TPSA) is 0 Å². The molecule has 0 unspecified atom stereocenters. The van der Waals surface area contributed by atoms with Crippen LogP contribution in [0.1, 0.15) is 11.1 Å². The first-order valence-electron chi connectivity index (χ1n) is 5.36. The molecule has 0 atom stereocenters. The van der Waals surface area contributed by atoms with E-state index >= 15 is 0 Å². The van der Waals surface area contributed by atoms with Gasteiger partial charge in [-0.15, -0.1) is 0 Å². The molecule has 3 heteroatoms. The number of hydrogen-bond donors (Lipinski definition) is 0. The summed E-state index contributed by atoms with van der Waals surface area (Å²) in [5, 5.41) is 0. The molecule has 0 N–H and O–H groups in total. The van der Waals surface area contributed by atoms with Crippen molar-refractivity contribution in [3.63, 3.8) is 0 Å². The Morgan fingerprint density at radius 2 is 0.941 bits per heavy atom. The molecule has 0 aromatic heterocycles. The second kappa shape index (κ2) is 4.93. The molecule has 0 amide bonds. The van der Waals surface area contributed by atoms with Gasteiger partial charge in [-0.3, -0.25) is 0 Å². The van der Waals surface area contributed by atoms with E-state index < -0.39 is 8.46 Å². The maximum absolute atomic E-state index is 6.54. The average Bonchev–Trinajstić information content (AvgIpc) is 2.30. The summed E-state index contributed by atoms with van der Waals surface area (Å²) >= 11 is 0. The summed E-state index contributed by atoms with van der Waals surface area (Å²) < 4.78 is 0. The van der Waals surface area contributed by atoms with Gasteiger partial charge in [-0.05, 0) is 67.9 Å². The minimum Gasteiger partial charge on any atom is -0.0582 e. The molecular formula is C14H14Cl2S. The third-order valence-electron chi connectivity index (χ3n) is 2.63. The van der Waals surface area contributed by atoms with Gasteiger partial charge < -0.3 is 0 Å². The molecule has 0 aliphatic heterocycles. The molecule has 90 valence electrons.